The smallest absolute Gasteiger partial charge is 0.0309 e. The monoisotopic (exact) mass is 192 g/mol. The summed E-state index contributed by atoms with van der Waals surface area (Å²) in [4.78, 5) is 0. The summed E-state index contributed by atoms with van der Waals surface area (Å²) in [5.74, 6) is -12.4. The van der Waals surface area contributed by atoms with E-state index in [-0.39, 0.29) is 0 Å². The van der Waals surface area contributed by atoms with Crippen molar-refractivity contribution in [3.63, 3.8) is 0 Å². The lowest BCUT2D eigenvalue weighted by molar-refractivity contribution is 0.238. The molecule has 2 aliphatic rings. The minimum atomic E-state index is -3.35. The molecule has 0 aromatic carbocycles. The topological polar surface area (TPSA) is 0 Å². The first-order chi connectivity index (χ1) is 10.5. The molecule has 0 aromatic rings. The number of fused-ring (bicyclic) bond motifs is 2. The largest absolute Gasteiger partial charge is 0.0622 e. The molecule has 4 atom stereocenters. The fourth-order valence-corrected chi connectivity index (χ4v) is 1.50. The van der Waals surface area contributed by atoms with Crippen molar-refractivity contribution in [3.8, 4) is 0 Å². The number of hydrogen-bond acceptors (Lipinski definition) is 0. The molecule has 0 heterocycles. The molecular formula is C13H24. The van der Waals surface area contributed by atoms with Crippen LogP contribution in [0.4, 0.5) is 0 Å². The molecule has 13 heavy (non-hydrogen) atoms. The molecule has 2 bridgehead atoms. The highest BCUT2D eigenvalue weighted by molar-refractivity contribution is 4.96. The van der Waals surface area contributed by atoms with E-state index in [2.05, 4.69) is 0 Å². The Hall–Kier alpha value is 0. The fraction of sp³-hybridized carbons (Fsp3) is 1.00. The second kappa shape index (κ2) is 3.00. The van der Waals surface area contributed by atoms with Crippen LogP contribution in [0.25, 0.3) is 0 Å². The molecule has 2 fully saturated rings. The predicted molar refractivity (Wildman–Crippen MR) is 57.6 cm³/mol. The van der Waals surface area contributed by atoms with Crippen molar-refractivity contribution >= 4 is 0 Å². The molecule has 0 nitrogen and oxygen atoms in total. The SMILES string of the molecule is [2H]C1([2H])C([2H])([2H])C2([2H])C([2H])(C)C([2H])([2H])C1([2H])C2([2H])C([2H])([2H])C(C)(C)C. The van der Waals surface area contributed by atoms with Crippen molar-refractivity contribution in [1.29, 1.82) is 0 Å². The van der Waals surface area contributed by atoms with Gasteiger partial charge >= 0.3 is 0 Å². The van der Waals surface area contributed by atoms with Gasteiger partial charge in [0, 0.05) is 16.4 Å². The molecule has 0 aliphatic heterocycles. The molecule has 2 aliphatic carbocycles. The minimum Gasteiger partial charge on any atom is -0.0622 e. The van der Waals surface area contributed by atoms with Crippen molar-refractivity contribution in [2.45, 2.75) is 53.2 Å². The average Bonchev–Trinajstić information content (AvgIpc) is 2.52. The van der Waals surface area contributed by atoms with Gasteiger partial charge in [0.25, 0.3) is 0 Å². The van der Waals surface area contributed by atoms with Crippen molar-refractivity contribution in [2.24, 2.45) is 29.0 Å². The van der Waals surface area contributed by atoms with Crippen LogP contribution < -0.4 is 0 Å². The maximum atomic E-state index is 8.84. The van der Waals surface area contributed by atoms with Gasteiger partial charge in [0.05, 0.1) is 0 Å². The number of hydrogen-bond donors (Lipinski definition) is 0. The molecule has 0 aromatic heterocycles. The summed E-state index contributed by atoms with van der Waals surface area (Å²) in [6.07, 6.45) is -12.6. The van der Waals surface area contributed by atoms with Crippen LogP contribution in [0.1, 0.15) is 69.6 Å². The summed E-state index contributed by atoms with van der Waals surface area (Å²) in [5.41, 5.74) is -1.43. The molecule has 4 unspecified atom stereocenters. The number of rotatable bonds is 1. The Labute approximate surface area is 100.0 Å². The van der Waals surface area contributed by atoms with Gasteiger partial charge in [-0.25, -0.2) is 0 Å². The van der Waals surface area contributed by atoms with Crippen molar-refractivity contribution < 1.29 is 16.4 Å². The Bertz CT molecular complexity index is 545. The minimum absolute atomic E-state index is 0.866. The van der Waals surface area contributed by atoms with Gasteiger partial charge in [-0.2, -0.15) is 0 Å². The van der Waals surface area contributed by atoms with Crippen LogP contribution in [-0.4, -0.2) is 0 Å². The van der Waals surface area contributed by atoms with Gasteiger partial charge in [-0.15, -0.1) is 0 Å². The van der Waals surface area contributed by atoms with Crippen molar-refractivity contribution in [3.05, 3.63) is 0 Å². The lowest BCUT2D eigenvalue weighted by Crippen LogP contribution is -2.17. The van der Waals surface area contributed by atoms with E-state index in [9.17, 15) is 0 Å². The molecule has 2 rings (SSSR count). The average molecular weight is 192 g/mol. The second-order valence-electron chi connectivity index (χ2n) is 4.50. The van der Waals surface area contributed by atoms with Crippen LogP contribution in [0.5, 0.6) is 0 Å². The molecule has 76 valence electrons. The second-order valence-corrected chi connectivity index (χ2v) is 4.50. The highest BCUT2D eigenvalue weighted by Gasteiger charge is 2.46. The zero-order chi connectivity index (χ0) is 20.5. The van der Waals surface area contributed by atoms with Crippen LogP contribution in [0.2, 0.25) is 0 Å². The standard InChI is InChI=1S/C13H24/c1-9-7-10-5-6-11(9)12(10)8-13(2,3)4/h9-12H,5-8H2,1-4H3/i5D2,6D2,7D2,8D2,9D,10D,11D,12D. The Morgan fingerprint density at radius 1 is 1.46 bits per heavy atom. The van der Waals surface area contributed by atoms with Gasteiger partial charge in [-0.05, 0) is 54.5 Å². The Balaban J connectivity index is 3.13. The van der Waals surface area contributed by atoms with E-state index in [1.807, 2.05) is 0 Å². The summed E-state index contributed by atoms with van der Waals surface area (Å²) in [7, 11) is 0. The Morgan fingerprint density at radius 2 is 2.15 bits per heavy atom. The van der Waals surface area contributed by atoms with E-state index >= 15 is 0 Å². The van der Waals surface area contributed by atoms with Crippen molar-refractivity contribution in [2.75, 3.05) is 0 Å². The molecule has 0 saturated heterocycles. The Morgan fingerprint density at radius 3 is 2.69 bits per heavy atom. The molecule has 2 saturated carbocycles. The quantitative estimate of drug-likeness (QED) is 0.586. The van der Waals surface area contributed by atoms with Crippen LogP contribution in [0.3, 0.4) is 0 Å². The molecule has 0 amide bonds. The van der Waals surface area contributed by atoms with E-state index in [0.717, 1.165) is 6.92 Å². The van der Waals surface area contributed by atoms with Crippen molar-refractivity contribution in [1.82, 2.24) is 0 Å². The normalized spacial score (nSPS) is 93.2. The van der Waals surface area contributed by atoms with E-state index in [0.29, 0.717) is 0 Å². The van der Waals surface area contributed by atoms with Gasteiger partial charge < -0.3 is 0 Å². The van der Waals surface area contributed by atoms with E-state index in [4.69, 9.17) is 16.4 Å². The highest BCUT2D eigenvalue weighted by Crippen LogP contribution is 2.55. The zero-order valence-electron chi connectivity index (χ0n) is 20.5. The maximum absolute atomic E-state index is 8.84. The summed E-state index contributed by atoms with van der Waals surface area (Å²) in [6.45, 7) is 4.98. The summed E-state index contributed by atoms with van der Waals surface area (Å²) in [6, 6.07) is 0. The van der Waals surface area contributed by atoms with Gasteiger partial charge in [0.1, 0.15) is 0 Å². The third-order valence-electron chi connectivity index (χ3n) is 2.00. The summed E-state index contributed by atoms with van der Waals surface area (Å²) in [5, 5.41) is 0. The lowest BCUT2D eigenvalue weighted by Gasteiger charge is -2.26. The van der Waals surface area contributed by atoms with E-state index in [1.165, 1.54) is 20.8 Å². The third-order valence-corrected chi connectivity index (χ3v) is 2.00. The van der Waals surface area contributed by atoms with Crippen LogP contribution >= 0.6 is 0 Å². The Kier molecular flexibility index (Phi) is 0.639. The first-order valence-corrected chi connectivity index (χ1v) is 4.50. The molecule has 0 radical (unpaired) electrons. The molecular weight excluding hydrogens is 156 g/mol. The molecule has 0 spiro atoms. The van der Waals surface area contributed by atoms with E-state index < -0.39 is 54.5 Å². The summed E-state index contributed by atoms with van der Waals surface area (Å²) < 4.78 is 101. The summed E-state index contributed by atoms with van der Waals surface area (Å²) >= 11 is 0. The lowest BCUT2D eigenvalue weighted by atomic mass is 9.79. The molecule has 0 heteroatoms. The van der Waals surface area contributed by atoms with Crippen LogP contribution in [-0.2, 0) is 0 Å². The zero-order valence-corrected chi connectivity index (χ0v) is 8.50. The van der Waals surface area contributed by atoms with E-state index in [1.54, 1.807) is 0 Å². The fourth-order valence-electron chi connectivity index (χ4n) is 1.50. The van der Waals surface area contributed by atoms with Crippen LogP contribution in [0, 0.1) is 29.0 Å². The van der Waals surface area contributed by atoms with Crippen LogP contribution in [0.15, 0.2) is 0 Å². The maximum Gasteiger partial charge on any atom is 0.0309 e. The first-order valence-electron chi connectivity index (χ1n) is 10.5. The predicted octanol–water partition coefficient (Wildman–Crippen LogP) is 4.10. The van der Waals surface area contributed by atoms with Gasteiger partial charge in [-0.3, -0.25) is 0 Å². The highest BCUT2D eigenvalue weighted by atomic mass is 14.5. The van der Waals surface area contributed by atoms with Gasteiger partial charge in [0.2, 0.25) is 0 Å². The third kappa shape index (κ3) is 1.78. The van der Waals surface area contributed by atoms with Gasteiger partial charge in [0.15, 0.2) is 0 Å². The first kappa shape index (κ1) is 2.77. The molecule has 0 N–H and O–H groups in total. The van der Waals surface area contributed by atoms with Gasteiger partial charge in [-0.1, -0.05) is 27.7 Å².